The number of rotatable bonds is 0. The second-order valence-electron chi connectivity index (χ2n) is 2.64. The van der Waals surface area contributed by atoms with Crippen molar-refractivity contribution >= 4 is 23.8 Å². The second kappa shape index (κ2) is 2.42. The summed E-state index contributed by atoms with van der Waals surface area (Å²) >= 11 is 4.07. The van der Waals surface area contributed by atoms with Crippen molar-refractivity contribution in [2.75, 3.05) is 0 Å². The second-order valence-corrected chi connectivity index (χ2v) is 3.04. The molecule has 0 amide bonds. The van der Waals surface area contributed by atoms with E-state index in [0.29, 0.717) is 0 Å². The lowest BCUT2D eigenvalue weighted by Gasteiger charge is -1.90. The van der Waals surface area contributed by atoms with Crippen LogP contribution < -0.4 is 5.69 Å². The van der Waals surface area contributed by atoms with Crippen molar-refractivity contribution in [3.8, 4) is 0 Å². The molecule has 0 bridgehead atoms. The van der Waals surface area contributed by atoms with Crippen LogP contribution in [0.25, 0.3) is 11.0 Å². The fraction of sp³-hybridized carbons (Fsp3) is 0.125. The van der Waals surface area contributed by atoms with Gasteiger partial charge < -0.3 is 0 Å². The van der Waals surface area contributed by atoms with Gasteiger partial charge in [-0.25, -0.2) is 8.77 Å². The van der Waals surface area contributed by atoms with Gasteiger partial charge in [0.2, 0.25) is 0 Å². The lowest BCUT2D eigenvalue weighted by atomic mass is 10.3. The largest absolute Gasteiger partial charge is 0.338 e. The molecule has 0 radical (unpaired) electrons. The van der Waals surface area contributed by atoms with Gasteiger partial charge in [0.25, 0.3) is 0 Å². The first-order valence-corrected chi connectivity index (χ1v) is 3.97. The number of fused-ring (bicyclic) bond motifs is 1. The molecule has 1 heterocycles. The van der Waals surface area contributed by atoms with Gasteiger partial charge >= 0.3 is 5.69 Å². The molecule has 0 unspecified atom stereocenters. The molecule has 0 aliphatic carbocycles. The highest BCUT2D eigenvalue weighted by Crippen LogP contribution is 2.11. The van der Waals surface area contributed by atoms with E-state index >= 15 is 0 Å². The van der Waals surface area contributed by atoms with E-state index in [4.69, 9.17) is 0 Å². The number of hydrogen-bond donors (Lipinski definition) is 1. The molecule has 4 heteroatoms. The average Bonchev–Trinajstić information content (AvgIpc) is 2.33. The molecule has 12 heavy (non-hydrogen) atoms. The molecule has 0 aliphatic rings. The van der Waals surface area contributed by atoms with Crippen LogP contribution in [0, 0.1) is 0 Å². The van der Waals surface area contributed by atoms with Crippen molar-refractivity contribution in [3.05, 3.63) is 34.7 Å². The minimum atomic E-state index is -0.112. The van der Waals surface area contributed by atoms with E-state index in [1.807, 2.05) is 24.3 Å². The topological polar surface area (TPSA) is 26.9 Å². The molecule has 0 saturated carbocycles. The first-order chi connectivity index (χ1) is 5.72. The Hall–Kier alpha value is -1.16. The van der Waals surface area contributed by atoms with E-state index in [-0.39, 0.29) is 5.69 Å². The maximum absolute atomic E-state index is 11.3. The molecule has 62 valence electrons. The third-order valence-corrected chi connectivity index (χ3v) is 2.33. The highest BCUT2D eigenvalue weighted by molar-refractivity contribution is 7.78. The molecular formula is C8H8N2OS. The molecule has 0 aliphatic heterocycles. The van der Waals surface area contributed by atoms with Gasteiger partial charge in [-0.3, -0.25) is 4.57 Å². The van der Waals surface area contributed by atoms with Gasteiger partial charge in [-0.05, 0) is 12.1 Å². The lowest BCUT2D eigenvalue weighted by Crippen LogP contribution is -2.16. The van der Waals surface area contributed by atoms with E-state index in [1.165, 1.54) is 3.97 Å². The van der Waals surface area contributed by atoms with Crippen LogP contribution in [0.4, 0.5) is 0 Å². The highest BCUT2D eigenvalue weighted by Gasteiger charge is 2.05. The molecule has 0 spiro atoms. The van der Waals surface area contributed by atoms with Crippen LogP contribution in [-0.4, -0.2) is 8.54 Å². The SMILES string of the molecule is Cn1c(=O)n(S)c2ccccc21. The Labute approximate surface area is 74.8 Å². The summed E-state index contributed by atoms with van der Waals surface area (Å²) in [5.74, 6) is 0. The van der Waals surface area contributed by atoms with Gasteiger partial charge in [0.15, 0.2) is 0 Å². The smallest absolute Gasteiger partial charge is 0.294 e. The Kier molecular flexibility index (Phi) is 1.51. The lowest BCUT2D eigenvalue weighted by molar-refractivity contribution is 0.880. The maximum atomic E-state index is 11.3. The van der Waals surface area contributed by atoms with Crippen LogP contribution >= 0.6 is 12.8 Å². The normalized spacial score (nSPS) is 10.8. The average molecular weight is 180 g/mol. The zero-order chi connectivity index (χ0) is 8.72. The molecule has 0 atom stereocenters. The van der Waals surface area contributed by atoms with E-state index in [2.05, 4.69) is 12.8 Å². The van der Waals surface area contributed by atoms with Crippen LogP contribution in [0.1, 0.15) is 0 Å². The van der Waals surface area contributed by atoms with Gasteiger partial charge in [-0.2, -0.15) is 0 Å². The number of para-hydroxylation sites is 2. The van der Waals surface area contributed by atoms with Crippen molar-refractivity contribution < 1.29 is 0 Å². The fourth-order valence-electron chi connectivity index (χ4n) is 1.28. The number of hydrogen-bond acceptors (Lipinski definition) is 2. The quantitative estimate of drug-likeness (QED) is 0.602. The van der Waals surface area contributed by atoms with Gasteiger partial charge in [-0.1, -0.05) is 24.9 Å². The van der Waals surface area contributed by atoms with Gasteiger partial charge in [-0.15, -0.1) is 0 Å². The summed E-state index contributed by atoms with van der Waals surface area (Å²) in [4.78, 5) is 11.3. The van der Waals surface area contributed by atoms with E-state index in [0.717, 1.165) is 11.0 Å². The number of aromatic nitrogens is 2. The van der Waals surface area contributed by atoms with Gasteiger partial charge in [0, 0.05) is 7.05 Å². The Morgan fingerprint density at radius 1 is 1.25 bits per heavy atom. The molecule has 1 aromatic heterocycles. The number of benzene rings is 1. The Morgan fingerprint density at radius 2 is 1.83 bits per heavy atom. The highest BCUT2D eigenvalue weighted by atomic mass is 32.1. The maximum Gasteiger partial charge on any atom is 0.338 e. The van der Waals surface area contributed by atoms with Crippen molar-refractivity contribution in [1.82, 2.24) is 8.54 Å². The third kappa shape index (κ3) is 0.814. The summed E-state index contributed by atoms with van der Waals surface area (Å²) in [7, 11) is 1.73. The minimum Gasteiger partial charge on any atom is -0.294 e. The zero-order valence-electron chi connectivity index (χ0n) is 6.56. The third-order valence-electron chi connectivity index (χ3n) is 1.94. The Balaban J connectivity index is 3.09. The molecule has 0 N–H and O–H groups in total. The number of nitrogens with zero attached hydrogens (tertiary/aromatic N) is 2. The Bertz CT molecular complexity index is 441. The molecule has 2 rings (SSSR count). The molecule has 3 nitrogen and oxygen atoms in total. The number of thiol groups is 1. The first-order valence-electron chi connectivity index (χ1n) is 3.57. The minimum absolute atomic E-state index is 0.112. The summed E-state index contributed by atoms with van der Waals surface area (Å²) in [5.41, 5.74) is 1.63. The molecule has 2 aromatic rings. The molecule has 0 saturated heterocycles. The molecular weight excluding hydrogens is 172 g/mol. The fourth-order valence-corrected chi connectivity index (χ4v) is 1.58. The molecule has 1 aromatic carbocycles. The summed E-state index contributed by atoms with van der Waals surface area (Å²) in [6.07, 6.45) is 0. The van der Waals surface area contributed by atoms with Crippen LogP contribution in [-0.2, 0) is 7.05 Å². The predicted molar refractivity (Wildman–Crippen MR) is 51.6 cm³/mol. The van der Waals surface area contributed by atoms with Crippen LogP contribution in [0.2, 0.25) is 0 Å². The standard InChI is InChI=1S/C8H8N2OS/c1-9-6-4-2-3-5-7(6)10(12)8(9)11/h2-5,12H,1H3. The van der Waals surface area contributed by atoms with Crippen molar-refractivity contribution in [3.63, 3.8) is 0 Å². The molecule has 0 fully saturated rings. The van der Waals surface area contributed by atoms with E-state index in [1.54, 1.807) is 11.6 Å². The van der Waals surface area contributed by atoms with Crippen LogP contribution in [0.15, 0.2) is 29.1 Å². The predicted octanol–water partition coefficient (Wildman–Crippen LogP) is 1.03. The summed E-state index contributed by atoms with van der Waals surface area (Å²) in [5, 5.41) is 0. The van der Waals surface area contributed by atoms with E-state index in [9.17, 15) is 4.79 Å². The van der Waals surface area contributed by atoms with Crippen molar-refractivity contribution in [2.45, 2.75) is 0 Å². The van der Waals surface area contributed by atoms with Crippen molar-refractivity contribution in [2.24, 2.45) is 7.05 Å². The van der Waals surface area contributed by atoms with Crippen LogP contribution in [0.5, 0.6) is 0 Å². The van der Waals surface area contributed by atoms with E-state index < -0.39 is 0 Å². The summed E-state index contributed by atoms with van der Waals surface area (Å²) < 4.78 is 2.91. The summed E-state index contributed by atoms with van der Waals surface area (Å²) in [6.45, 7) is 0. The van der Waals surface area contributed by atoms with Crippen molar-refractivity contribution in [1.29, 1.82) is 0 Å². The number of aryl methyl sites for hydroxylation is 1. The zero-order valence-corrected chi connectivity index (χ0v) is 7.45. The summed E-state index contributed by atoms with van der Waals surface area (Å²) in [6, 6.07) is 7.54. The van der Waals surface area contributed by atoms with Gasteiger partial charge in [0.05, 0.1) is 11.0 Å². The van der Waals surface area contributed by atoms with Gasteiger partial charge in [0.1, 0.15) is 0 Å². The van der Waals surface area contributed by atoms with Crippen LogP contribution in [0.3, 0.4) is 0 Å². The Morgan fingerprint density at radius 3 is 2.42 bits per heavy atom. The first kappa shape index (κ1) is 7.49. The monoisotopic (exact) mass is 180 g/mol. The number of imidazole rings is 1.